The number of hydrogen-bond acceptors (Lipinski definition) is 5. The number of rotatable bonds is 3. The van der Waals surface area contributed by atoms with E-state index in [1.54, 1.807) is 6.07 Å². The minimum absolute atomic E-state index is 0.267. The molecule has 1 heterocycles. The largest absolute Gasteiger partial charge is 0.465 e. The first-order chi connectivity index (χ1) is 8.58. The molecule has 0 aliphatic rings. The van der Waals surface area contributed by atoms with Crippen molar-refractivity contribution in [3.05, 3.63) is 22.8 Å². The Morgan fingerprint density at radius 1 is 1.56 bits per heavy atom. The first-order valence-electron chi connectivity index (χ1n) is 5.42. The zero-order valence-electron chi connectivity index (χ0n) is 10.0. The topological polar surface area (TPSA) is 64.3 Å². The second-order valence-electron chi connectivity index (χ2n) is 3.69. The lowest BCUT2D eigenvalue weighted by Crippen LogP contribution is -2.01. The van der Waals surface area contributed by atoms with Crippen LogP contribution in [0, 0.1) is 5.82 Å². The molecule has 0 unspecified atom stereocenters. The van der Waals surface area contributed by atoms with Crippen LogP contribution in [0.3, 0.4) is 0 Å². The predicted octanol–water partition coefficient (Wildman–Crippen LogP) is 2.84. The van der Waals surface area contributed by atoms with E-state index in [9.17, 15) is 9.18 Å². The van der Waals surface area contributed by atoms with Crippen molar-refractivity contribution >= 4 is 38.8 Å². The molecule has 0 bridgehead atoms. The highest BCUT2D eigenvalue weighted by atomic mass is 32.1. The van der Waals surface area contributed by atoms with E-state index in [4.69, 9.17) is 5.73 Å². The fourth-order valence-electron chi connectivity index (χ4n) is 1.71. The van der Waals surface area contributed by atoms with Crippen molar-refractivity contribution < 1.29 is 13.9 Å². The van der Waals surface area contributed by atoms with Crippen molar-refractivity contribution in [3.63, 3.8) is 0 Å². The molecule has 2 rings (SSSR count). The molecule has 0 atom stereocenters. The fraction of sp³-hybridized carbons (Fsp3) is 0.250. The Labute approximate surface area is 108 Å². The van der Waals surface area contributed by atoms with Crippen molar-refractivity contribution in [2.45, 2.75) is 6.92 Å². The summed E-state index contributed by atoms with van der Waals surface area (Å²) in [6, 6.07) is 2.99. The molecule has 18 heavy (non-hydrogen) atoms. The van der Waals surface area contributed by atoms with Crippen molar-refractivity contribution in [2.24, 2.45) is 0 Å². The highest BCUT2D eigenvalue weighted by Gasteiger charge is 2.18. The van der Waals surface area contributed by atoms with Crippen LogP contribution in [-0.4, -0.2) is 19.6 Å². The number of anilines is 2. The Morgan fingerprint density at radius 3 is 2.89 bits per heavy atom. The average Bonchev–Trinajstić information content (AvgIpc) is 2.67. The third-order valence-corrected chi connectivity index (χ3v) is 3.70. The Bertz CT molecular complexity index is 610. The number of nitrogen functional groups attached to an aromatic ring is 1. The summed E-state index contributed by atoms with van der Waals surface area (Å²) in [6.45, 7) is 2.50. The number of methoxy groups -OCH3 is 1. The summed E-state index contributed by atoms with van der Waals surface area (Å²) in [5.41, 5.74) is 6.50. The molecule has 0 radical (unpaired) electrons. The Morgan fingerprint density at radius 2 is 2.28 bits per heavy atom. The van der Waals surface area contributed by atoms with Crippen molar-refractivity contribution in [1.82, 2.24) is 0 Å². The number of hydrogen-bond donors (Lipinski definition) is 2. The van der Waals surface area contributed by atoms with Crippen LogP contribution in [-0.2, 0) is 4.74 Å². The predicted molar refractivity (Wildman–Crippen MR) is 71.7 cm³/mol. The number of fused-ring (bicyclic) bond motifs is 1. The maximum Gasteiger partial charge on any atom is 0.350 e. The van der Waals surface area contributed by atoms with Gasteiger partial charge in [-0.3, -0.25) is 0 Å². The normalized spacial score (nSPS) is 10.6. The van der Waals surface area contributed by atoms with E-state index in [0.717, 1.165) is 4.70 Å². The van der Waals surface area contributed by atoms with Gasteiger partial charge in [-0.05, 0) is 19.1 Å². The van der Waals surface area contributed by atoms with Gasteiger partial charge in [0.25, 0.3) is 0 Å². The number of carbonyl (C=O) groups excluding carboxylic acids is 1. The summed E-state index contributed by atoms with van der Waals surface area (Å²) in [7, 11) is 1.29. The summed E-state index contributed by atoms with van der Waals surface area (Å²) in [5.74, 6) is -0.885. The number of carbonyl (C=O) groups is 1. The van der Waals surface area contributed by atoms with Crippen LogP contribution in [0.15, 0.2) is 12.1 Å². The molecule has 0 saturated heterocycles. The van der Waals surface area contributed by atoms with E-state index < -0.39 is 5.97 Å². The van der Waals surface area contributed by atoms with Gasteiger partial charge in [0.2, 0.25) is 0 Å². The monoisotopic (exact) mass is 268 g/mol. The number of nitrogens with one attached hydrogen (secondary N) is 1. The van der Waals surface area contributed by atoms with Gasteiger partial charge in [0.15, 0.2) is 0 Å². The van der Waals surface area contributed by atoms with Gasteiger partial charge < -0.3 is 15.8 Å². The first-order valence-corrected chi connectivity index (χ1v) is 6.23. The summed E-state index contributed by atoms with van der Waals surface area (Å²) in [4.78, 5) is 11.8. The van der Waals surface area contributed by atoms with E-state index in [0.29, 0.717) is 22.5 Å². The van der Waals surface area contributed by atoms with Crippen LogP contribution >= 0.6 is 11.3 Å². The highest BCUT2D eigenvalue weighted by Crippen LogP contribution is 2.36. The lowest BCUT2D eigenvalue weighted by atomic mass is 10.2. The smallest absolute Gasteiger partial charge is 0.350 e. The van der Waals surface area contributed by atoms with E-state index in [1.165, 1.54) is 24.5 Å². The Hall–Kier alpha value is -1.82. The average molecular weight is 268 g/mol. The lowest BCUT2D eigenvalue weighted by Gasteiger charge is -2.04. The fourth-order valence-corrected chi connectivity index (χ4v) is 2.77. The van der Waals surface area contributed by atoms with Gasteiger partial charge in [-0.25, -0.2) is 9.18 Å². The van der Waals surface area contributed by atoms with E-state index in [1.807, 2.05) is 6.92 Å². The lowest BCUT2D eigenvalue weighted by molar-refractivity contribution is 0.0607. The zero-order valence-corrected chi connectivity index (χ0v) is 10.9. The van der Waals surface area contributed by atoms with Gasteiger partial charge >= 0.3 is 5.97 Å². The number of ether oxygens (including phenoxy) is 1. The molecule has 2 aromatic rings. The molecule has 1 aromatic carbocycles. The standard InChI is InChI=1S/C12H13FN2O2S/c1-3-15-8-5-9-6(4-7(8)13)10(14)11(18-9)12(16)17-2/h4-5,15H,3,14H2,1-2H3. The van der Waals surface area contributed by atoms with E-state index in [2.05, 4.69) is 10.1 Å². The molecule has 0 aliphatic heterocycles. The molecule has 0 saturated carbocycles. The minimum atomic E-state index is -0.501. The number of benzene rings is 1. The third-order valence-electron chi connectivity index (χ3n) is 2.55. The zero-order chi connectivity index (χ0) is 13.3. The van der Waals surface area contributed by atoms with Crippen molar-refractivity contribution in [2.75, 3.05) is 24.7 Å². The van der Waals surface area contributed by atoms with Gasteiger partial charge in [-0.2, -0.15) is 0 Å². The second kappa shape index (κ2) is 4.81. The highest BCUT2D eigenvalue weighted by molar-refractivity contribution is 7.21. The van der Waals surface area contributed by atoms with Gasteiger partial charge in [0.05, 0.1) is 18.5 Å². The molecule has 0 spiro atoms. The third kappa shape index (κ3) is 1.99. The molecule has 96 valence electrons. The molecule has 6 heteroatoms. The number of thiophene rings is 1. The Balaban J connectivity index is 2.61. The SMILES string of the molecule is CCNc1cc2sc(C(=O)OC)c(N)c2cc1F. The molecule has 4 nitrogen and oxygen atoms in total. The van der Waals surface area contributed by atoms with Gasteiger partial charge in [0.1, 0.15) is 10.7 Å². The number of halogens is 1. The van der Waals surface area contributed by atoms with Gasteiger partial charge in [0, 0.05) is 16.6 Å². The number of nitrogens with two attached hydrogens (primary N) is 1. The molecular weight excluding hydrogens is 255 g/mol. The molecule has 0 fully saturated rings. The molecule has 1 aromatic heterocycles. The first kappa shape index (κ1) is 12.6. The van der Waals surface area contributed by atoms with E-state index >= 15 is 0 Å². The van der Waals surface area contributed by atoms with Gasteiger partial charge in [-0.15, -0.1) is 11.3 Å². The molecule has 3 N–H and O–H groups in total. The Kier molecular flexibility index (Phi) is 3.38. The van der Waals surface area contributed by atoms with Crippen LogP contribution in [0.4, 0.5) is 15.8 Å². The second-order valence-corrected chi connectivity index (χ2v) is 4.75. The maximum absolute atomic E-state index is 13.7. The van der Waals surface area contributed by atoms with Crippen molar-refractivity contribution in [3.8, 4) is 0 Å². The van der Waals surface area contributed by atoms with Crippen LogP contribution in [0.2, 0.25) is 0 Å². The maximum atomic E-state index is 13.7. The minimum Gasteiger partial charge on any atom is -0.465 e. The summed E-state index contributed by atoms with van der Waals surface area (Å²) >= 11 is 1.20. The van der Waals surface area contributed by atoms with Crippen LogP contribution < -0.4 is 11.1 Å². The van der Waals surface area contributed by atoms with Crippen LogP contribution in [0.25, 0.3) is 10.1 Å². The van der Waals surface area contributed by atoms with Gasteiger partial charge in [-0.1, -0.05) is 0 Å². The molecule has 0 amide bonds. The molecular formula is C12H13FN2O2S. The van der Waals surface area contributed by atoms with Crippen LogP contribution in [0.5, 0.6) is 0 Å². The summed E-state index contributed by atoms with van der Waals surface area (Å²) in [6.07, 6.45) is 0. The summed E-state index contributed by atoms with van der Waals surface area (Å²) < 4.78 is 19.1. The number of esters is 1. The summed E-state index contributed by atoms with van der Waals surface area (Å²) in [5, 5.41) is 3.46. The quantitative estimate of drug-likeness (QED) is 0.840. The molecule has 0 aliphatic carbocycles. The van der Waals surface area contributed by atoms with E-state index in [-0.39, 0.29) is 11.5 Å². The van der Waals surface area contributed by atoms with Crippen LogP contribution in [0.1, 0.15) is 16.6 Å². The van der Waals surface area contributed by atoms with Crippen molar-refractivity contribution in [1.29, 1.82) is 0 Å².